The molecule has 4 aliphatic rings. The van der Waals surface area contributed by atoms with Crippen molar-refractivity contribution in [2.24, 2.45) is 29.6 Å². The van der Waals surface area contributed by atoms with Crippen LogP contribution < -0.4 is 5.73 Å². The van der Waals surface area contributed by atoms with E-state index in [0.717, 1.165) is 15.8 Å². The SMILES string of the molecule is CC[C@H]1OC(=O)[C@H](C)[C@H]2OCC(Cc3ccc4nc(N)sc4c3)CO[C@](C)(C[C@@H](C)C3OC1(C)C(=O)C3C)[C@H](O[C@@H]1O[C@H](C)C[C@H](N(C)C)[C@H]1O)[C@@H]2C. The normalized spacial score (nSPS) is 43.1. The van der Waals surface area contributed by atoms with Gasteiger partial charge in [0.2, 0.25) is 0 Å². The molecule has 4 bridgehead atoms. The molecule has 53 heavy (non-hydrogen) atoms. The number of benzene rings is 1. The third-order valence-corrected chi connectivity index (χ3v) is 13.3. The lowest BCUT2D eigenvalue weighted by Crippen LogP contribution is -2.59. The van der Waals surface area contributed by atoms with Gasteiger partial charge in [0, 0.05) is 23.8 Å². The largest absolute Gasteiger partial charge is 0.459 e. The summed E-state index contributed by atoms with van der Waals surface area (Å²) >= 11 is 1.46. The number of rotatable bonds is 6. The van der Waals surface area contributed by atoms with Gasteiger partial charge in [-0.2, -0.15) is 0 Å². The molecule has 12 nitrogen and oxygen atoms in total. The zero-order valence-corrected chi connectivity index (χ0v) is 33.9. The number of carbonyl (C=O) groups is 2. The van der Waals surface area contributed by atoms with Gasteiger partial charge in [0.15, 0.2) is 22.8 Å². The van der Waals surface area contributed by atoms with Crippen LogP contribution in [0.5, 0.6) is 0 Å². The van der Waals surface area contributed by atoms with Crippen molar-refractivity contribution in [3.05, 3.63) is 23.8 Å². The number of anilines is 1. The average molecular weight is 760 g/mol. The minimum absolute atomic E-state index is 0.0678. The van der Waals surface area contributed by atoms with Crippen LogP contribution in [0.15, 0.2) is 18.2 Å². The maximum absolute atomic E-state index is 14.2. The summed E-state index contributed by atoms with van der Waals surface area (Å²) in [4.78, 5) is 34.6. The maximum Gasteiger partial charge on any atom is 0.311 e. The van der Waals surface area contributed by atoms with Gasteiger partial charge in [0.05, 0.1) is 59.4 Å². The van der Waals surface area contributed by atoms with Crippen molar-refractivity contribution in [3.63, 3.8) is 0 Å². The molecule has 0 radical (unpaired) electrons. The number of fused-ring (bicyclic) bond motifs is 6. The van der Waals surface area contributed by atoms with Crippen LogP contribution in [-0.2, 0) is 44.4 Å². The summed E-state index contributed by atoms with van der Waals surface area (Å²) in [5.41, 5.74) is 5.71. The summed E-state index contributed by atoms with van der Waals surface area (Å²) in [6, 6.07) is 5.99. The van der Waals surface area contributed by atoms with Crippen molar-refractivity contribution in [1.82, 2.24) is 9.88 Å². The smallest absolute Gasteiger partial charge is 0.311 e. The van der Waals surface area contributed by atoms with Crippen LogP contribution in [0.1, 0.15) is 80.2 Å². The predicted molar refractivity (Wildman–Crippen MR) is 202 cm³/mol. The Morgan fingerprint density at radius 2 is 1.81 bits per heavy atom. The van der Waals surface area contributed by atoms with Crippen molar-refractivity contribution >= 4 is 38.4 Å². The lowest BCUT2D eigenvalue weighted by Gasteiger charge is -2.48. The molecule has 13 heteroatoms. The van der Waals surface area contributed by atoms with E-state index in [0.29, 0.717) is 44.0 Å². The van der Waals surface area contributed by atoms with Crippen LogP contribution in [0, 0.1) is 29.6 Å². The molecule has 0 spiro atoms. The fourth-order valence-corrected chi connectivity index (χ4v) is 10.4. The molecule has 296 valence electrons. The Balaban J connectivity index is 1.43. The van der Waals surface area contributed by atoms with E-state index < -0.39 is 71.7 Å². The Morgan fingerprint density at radius 1 is 1.08 bits per heavy atom. The van der Waals surface area contributed by atoms with Gasteiger partial charge >= 0.3 is 5.97 Å². The maximum atomic E-state index is 14.2. The number of Topliss-reactive ketones (excluding diaryl/α,β-unsaturated/α-hetero) is 1. The molecule has 0 saturated carbocycles. The molecular weight excluding hydrogens is 699 g/mol. The lowest BCUT2D eigenvalue weighted by atomic mass is 9.75. The third-order valence-electron chi connectivity index (χ3n) is 12.5. The molecule has 5 heterocycles. The number of nitrogen functional groups attached to an aromatic ring is 1. The highest BCUT2D eigenvalue weighted by Crippen LogP contribution is 2.46. The Bertz CT molecular complexity index is 1620. The number of thiazole rings is 1. The molecule has 0 amide bonds. The summed E-state index contributed by atoms with van der Waals surface area (Å²) in [7, 11) is 3.89. The number of nitrogens with two attached hydrogens (primary N) is 1. The second kappa shape index (κ2) is 15.7. The van der Waals surface area contributed by atoms with Gasteiger partial charge in [-0.3, -0.25) is 9.59 Å². The number of hydrogen-bond acceptors (Lipinski definition) is 13. The van der Waals surface area contributed by atoms with Crippen molar-refractivity contribution < 1.29 is 43.1 Å². The highest BCUT2D eigenvalue weighted by atomic mass is 32.1. The number of hydrogen-bond donors (Lipinski definition) is 2. The first kappa shape index (κ1) is 40.4. The van der Waals surface area contributed by atoms with Crippen molar-refractivity contribution in [1.29, 1.82) is 0 Å². The minimum atomic E-state index is -1.28. The molecule has 2 aromatic rings. The van der Waals surface area contributed by atoms with Gasteiger partial charge in [0.1, 0.15) is 12.2 Å². The molecule has 1 aromatic carbocycles. The number of nitrogens with zero attached hydrogens (tertiary/aromatic N) is 2. The number of ketones is 1. The topological polar surface area (TPSA) is 152 Å². The Hall–Kier alpha value is -2.23. The molecule has 1 aromatic heterocycles. The van der Waals surface area contributed by atoms with Crippen LogP contribution in [0.3, 0.4) is 0 Å². The Morgan fingerprint density at radius 3 is 2.51 bits per heavy atom. The van der Waals surface area contributed by atoms with E-state index in [4.69, 9.17) is 34.2 Å². The quantitative estimate of drug-likeness (QED) is 0.381. The number of aromatic nitrogens is 1. The van der Waals surface area contributed by atoms with E-state index in [-0.39, 0.29) is 29.8 Å². The molecule has 4 aliphatic heterocycles. The number of carbonyl (C=O) groups excluding carboxylic acids is 2. The molecule has 4 unspecified atom stereocenters. The minimum Gasteiger partial charge on any atom is -0.459 e. The Kier molecular flexibility index (Phi) is 12.0. The van der Waals surface area contributed by atoms with E-state index in [9.17, 15) is 14.7 Å². The van der Waals surface area contributed by atoms with Gasteiger partial charge in [-0.05, 0) is 91.1 Å². The summed E-state index contributed by atoms with van der Waals surface area (Å²) in [5.74, 6) is -2.34. The van der Waals surface area contributed by atoms with E-state index in [1.165, 1.54) is 11.3 Å². The number of ether oxygens (including phenoxy) is 6. The Labute approximate surface area is 318 Å². The first-order valence-corrected chi connectivity index (χ1v) is 20.3. The fourth-order valence-electron chi connectivity index (χ4n) is 9.58. The molecule has 0 aliphatic carbocycles. The molecule has 15 atom stereocenters. The molecular formula is C40H61N3O9S. The van der Waals surface area contributed by atoms with Crippen LogP contribution in [-0.4, -0.2) is 114 Å². The van der Waals surface area contributed by atoms with Crippen molar-refractivity contribution in [2.75, 3.05) is 33.0 Å². The second-order valence-corrected chi connectivity index (χ2v) is 18.0. The molecule has 4 fully saturated rings. The summed E-state index contributed by atoms with van der Waals surface area (Å²) < 4.78 is 41.3. The van der Waals surface area contributed by atoms with Crippen molar-refractivity contribution in [3.8, 4) is 0 Å². The van der Waals surface area contributed by atoms with Gasteiger partial charge < -0.3 is 44.2 Å². The first-order valence-electron chi connectivity index (χ1n) is 19.4. The number of cyclic esters (lactones) is 1. The highest BCUT2D eigenvalue weighted by Gasteiger charge is 2.58. The fraction of sp³-hybridized carbons (Fsp3) is 0.775. The van der Waals surface area contributed by atoms with E-state index >= 15 is 0 Å². The summed E-state index contributed by atoms with van der Waals surface area (Å²) in [6.45, 7) is 16.2. The summed E-state index contributed by atoms with van der Waals surface area (Å²) in [6.07, 6.45) is -2.42. The lowest BCUT2D eigenvalue weighted by molar-refractivity contribution is -0.303. The third kappa shape index (κ3) is 7.92. The number of aliphatic hydroxyl groups excluding tert-OH is 1. The van der Waals surface area contributed by atoms with E-state index in [1.807, 2.05) is 59.7 Å². The summed E-state index contributed by atoms with van der Waals surface area (Å²) in [5, 5.41) is 12.2. The average Bonchev–Trinajstić information content (AvgIpc) is 3.60. The number of esters is 1. The van der Waals surface area contributed by atoms with E-state index in [2.05, 4.69) is 31.0 Å². The second-order valence-electron chi connectivity index (χ2n) is 17.0. The van der Waals surface area contributed by atoms with Crippen LogP contribution >= 0.6 is 11.3 Å². The van der Waals surface area contributed by atoms with Crippen LogP contribution in [0.25, 0.3) is 10.2 Å². The number of likely N-dealkylation sites (N-methyl/N-ethyl adjacent to an activating group) is 1. The zero-order chi connectivity index (χ0) is 38.6. The standard InChI is InChI=1S/C40H61N3O9S/c1-11-30-40(8)34(45)22(4)32(52-40)20(2)17-39(7)35(51-37-31(44)28(43(9)10)14-21(3)49-37)23(5)33(24(6)36(46)50-30)47-18-26(19-48-39)15-25-12-13-27-29(16-25)53-38(41)42-27/h12-13,16,20-24,26,28,30-33,35,37,44H,11,14-15,17-19H2,1-10H3,(H2,41,42)/t20-,21-,22?,23-,24-,26?,28+,30-,31-,32?,33+,35-,37+,39-,40?/m1/s1. The van der Waals surface area contributed by atoms with Crippen molar-refractivity contribution in [2.45, 2.75) is 141 Å². The first-order chi connectivity index (χ1) is 24.9. The monoisotopic (exact) mass is 759 g/mol. The molecule has 3 N–H and O–H groups in total. The van der Waals surface area contributed by atoms with E-state index in [1.54, 1.807) is 6.92 Å². The molecule has 4 saturated heterocycles. The van der Waals surface area contributed by atoms with Crippen LogP contribution in [0.2, 0.25) is 0 Å². The van der Waals surface area contributed by atoms with Gasteiger partial charge in [-0.25, -0.2) is 4.98 Å². The van der Waals surface area contributed by atoms with Gasteiger partial charge in [-0.15, -0.1) is 0 Å². The van der Waals surface area contributed by atoms with Gasteiger partial charge in [-0.1, -0.05) is 45.1 Å². The zero-order valence-electron chi connectivity index (χ0n) is 33.1. The number of aliphatic hydroxyl groups is 1. The van der Waals surface area contributed by atoms with Crippen LogP contribution in [0.4, 0.5) is 5.13 Å². The van der Waals surface area contributed by atoms with Gasteiger partial charge in [0.25, 0.3) is 0 Å². The molecule has 6 rings (SSSR count). The predicted octanol–water partition coefficient (Wildman–Crippen LogP) is 5.02. The highest BCUT2D eigenvalue weighted by molar-refractivity contribution is 7.22.